The highest BCUT2D eigenvalue weighted by Gasteiger charge is 2.16. The number of carbonyl (C=O) groups excluding carboxylic acids is 3. The van der Waals surface area contributed by atoms with Crippen LogP contribution in [-0.2, 0) is 9.53 Å². The third-order valence-electron chi connectivity index (χ3n) is 6.45. The third-order valence-corrected chi connectivity index (χ3v) is 6.45. The highest BCUT2D eigenvalue weighted by atomic mass is 19.1. The Labute approximate surface area is 232 Å². The zero-order valence-electron chi connectivity index (χ0n) is 23.6. The molecule has 39 heavy (non-hydrogen) atoms. The van der Waals surface area contributed by atoms with E-state index in [2.05, 4.69) is 13.8 Å². The summed E-state index contributed by atoms with van der Waals surface area (Å²) in [6.07, 6.45) is 12.8. The molecule has 0 fully saturated rings. The van der Waals surface area contributed by atoms with E-state index in [9.17, 15) is 18.8 Å². The molecule has 0 bridgehead atoms. The summed E-state index contributed by atoms with van der Waals surface area (Å²) in [5, 5.41) is 0. The molecule has 0 aromatic heterocycles. The lowest BCUT2D eigenvalue weighted by Gasteiger charge is -2.13. The van der Waals surface area contributed by atoms with Crippen molar-refractivity contribution in [2.45, 2.75) is 110 Å². The molecule has 0 amide bonds. The molecule has 0 N–H and O–H groups in total. The van der Waals surface area contributed by atoms with Gasteiger partial charge in [-0.2, -0.15) is 0 Å². The van der Waals surface area contributed by atoms with Crippen molar-refractivity contribution in [1.82, 2.24) is 0 Å². The van der Waals surface area contributed by atoms with E-state index in [4.69, 9.17) is 14.2 Å². The molecule has 2 rings (SSSR count). The Morgan fingerprint density at radius 1 is 0.718 bits per heavy atom. The van der Waals surface area contributed by atoms with Crippen LogP contribution in [0.25, 0.3) is 0 Å². The lowest BCUT2D eigenvalue weighted by Crippen LogP contribution is -2.15. The Morgan fingerprint density at radius 2 is 1.31 bits per heavy atom. The van der Waals surface area contributed by atoms with Crippen molar-refractivity contribution in [3.05, 3.63) is 59.4 Å². The number of esters is 3. The number of hydrogen-bond donors (Lipinski definition) is 0. The number of benzene rings is 2. The fourth-order valence-corrected chi connectivity index (χ4v) is 4.10. The monoisotopic (exact) mass is 542 g/mol. The molecule has 1 atom stereocenters. The van der Waals surface area contributed by atoms with Gasteiger partial charge in [0, 0.05) is 6.42 Å². The standard InChI is InChI=1S/C32H43FO6/c1-4-6-8-10-11-12-14-16-30(34)39-29-22-19-26(23-28(29)33)32(36)38-27-20-17-25(18-21-27)31(35)37-24(3)15-13-9-7-5-2/h17-24H,4-16H2,1-3H3. The summed E-state index contributed by atoms with van der Waals surface area (Å²) in [5.74, 6) is -2.54. The van der Waals surface area contributed by atoms with Crippen molar-refractivity contribution in [3.8, 4) is 11.5 Å². The van der Waals surface area contributed by atoms with Crippen molar-refractivity contribution in [1.29, 1.82) is 0 Å². The molecule has 0 saturated carbocycles. The van der Waals surface area contributed by atoms with Gasteiger partial charge in [-0.05, 0) is 68.7 Å². The summed E-state index contributed by atoms with van der Waals surface area (Å²) >= 11 is 0. The van der Waals surface area contributed by atoms with Crippen LogP contribution < -0.4 is 9.47 Å². The minimum absolute atomic E-state index is 0.0280. The van der Waals surface area contributed by atoms with Gasteiger partial charge in [-0.15, -0.1) is 0 Å². The SMILES string of the molecule is CCCCCCCCCC(=O)Oc1ccc(C(=O)Oc2ccc(C(=O)OC(C)CCCCCC)cc2)cc1F. The van der Waals surface area contributed by atoms with E-state index in [-0.39, 0.29) is 29.6 Å². The summed E-state index contributed by atoms with van der Waals surface area (Å²) in [6.45, 7) is 6.19. The lowest BCUT2D eigenvalue weighted by atomic mass is 10.1. The van der Waals surface area contributed by atoms with Crippen molar-refractivity contribution < 1.29 is 33.0 Å². The summed E-state index contributed by atoms with van der Waals surface area (Å²) in [6, 6.07) is 9.57. The summed E-state index contributed by atoms with van der Waals surface area (Å²) in [5.41, 5.74) is 0.323. The second-order valence-corrected chi connectivity index (χ2v) is 9.97. The van der Waals surface area contributed by atoms with Crippen molar-refractivity contribution in [3.63, 3.8) is 0 Å². The Bertz CT molecular complexity index is 1030. The highest BCUT2D eigenvalue weighted by Crippen LogP contribution is 2.22. The van der Waals surface area contributed by atoms with Crippen molar-refractivity contribution in [2.75, 3.05) is 0 Å². The molecular weight excluding hydrogens is 499 g/mol. The van der Waals surface area contributed by atoms with Crippen molar-refractivity contribution >= 4 is 17.9 Å². The van der Waals surface area contributed by atoms with Gasteiger partial charge in [0.15, 0.2) is 11.6 Å². The average Bonchev–Trinajstić information content (AvgIpc) is 2.92. The Balaban J connectivity index is 1.80. The molecule has 0 aliphatic heterocycles. The first-order valence-corrected chi connectivity index (χ1v) is 14.4. The Morgan fingerprint density at radius 3 is 1.95 bits per heavy atom. The van der Waals surface area contributed by atoms with Crippen LogP contribution in [0.2, 0.25) is 0 Å². The number of unbranched alkanes of at least 4 members (excludes halogenated alkanes) is 9. The van der Waals surface area contributed by atoms with Gasteiger partial charge in [0.05, 0.1) is 17.2 Å². The van der Waals surface area contributed by atoms with Crippen LogP contribution in [-0.4, -0.2) is 24.0 Å². The van der Waals surface area contributed by atoms with E-state index < -0.39 is 23.7 Å². The number of carbonyl (C=O) groups is 3. The normalized spacial score (nSPS) is 11.6. The van der Waals surface area contributed by atoms with E-state index in [1.807, 2.05) is 6.92 Å². The van der Waals surface area contributed by atoms with Crippen LogP contribution in [0.1, 0.15) is 125 Å². The Kier molecular flexibility index (Phi) is 14.9. The largest absolute Gasteiger partial charge is 0.459 e. The molecule has 2 aromatic carbocycles. The summed E-state index contributed by atoms with van der Waals surface area (Å²) in [7, 11) is 0. The third kappa shape index (κ3) is 12.5. The predicted octanol–water partition coefficient (Wildman–Crippen LogP) is 8.61. The van der Waals surface area contributed by atoms with Gasteiger partial charge in [-0.25, -0.2) is 14.0 Å². The molecule has 214 valence electrons. The smallest absolute Gasteiger partial charge is 0.343 e. The zero-order valence-corrected chi connectivity index (χ0v) is 23.6. The maximum atomic E-state index is 14.5. The van der Waals surface area contributed by atoms with Gasteiger partial charge >= 0.3 is 17.9 Å². The average molecular weight is 543 g/mol. The summed E-state index contributed by atoms with van der Waals surface area (Å²) < 4.78 is 30.4. The fourth-order valence-electron chi connectivity index (χ4n) is 4.10. The molecule has 0 saturated heterocycles. The first-order valence-electron chi connectivity index (χ1n) is 14.4. The maximum Gasteiger partial charge on any atom is 0.343 e. The molecular formula is C32H43FO6. The summed E-state index contributed by atoms with van der Waals surface area (Å²) in [4.78, 5) is 36.9. The van der Waals surface area contributed by atoms with Crippen LogP contribution in [0.3, 0.4) is 0 Å². The second kappa shape index (κ2) is 18.1. The Hall–Kier alpha value is -3.22. The van der Waals surface area contributed by atoms with Gasteiger partial charge < -0.3 is 14.2 Å². The fraction of sp³-hybridized carbons (Fsp3) is 0.531. The minimum atomic E-state index is -0.820. The minimum Gasteiger partial charge on any atom is -0.459 e. The van der Waals surface area contributed by atoms with Crippen LogP contribution >= 0.6 is 0 Å². The number of halogens is 1. The van der Waals surface area contributed by atoms with Crippen LogP contribution in [0.4, 0.5) is 4.39 Å². The van der Waals surface area contributed by atoms with E-state index in [0.717, 1.165) is 51.0 Å². The zero-order chi connectivity index (χ0) is 28.5. The molecule has 6 nitrogen and oxygen atoms in total. The van der Waals surface area contributed by atoms with E-state index >= 15 is 0 Å². The molecule has 2 aromatic rings. The quantitative estimate of drug-likeness (QED) is 0.107. The number of rotatable bonds is 18. The molecule has 0 aliphatic carbocycles. The number of ether oxygens (including phenoxy) is 3. The van der Waals surface area contributed by atoms with Gasteiger partial charge in [-0.3, -0.25) is 4.79 Å². The molecule has 0 radical (unpaired) electrons. The second-order valence-electron chi connectivity index (χ2n) is 9.97. The van der Waals surface area contributed by atoms with E-state index in [1.165, 1.54) is 62.1 Å². The first kappa shape index (κ1) is 32.0. The topological polar surface area (TPSA) is 78.9 Å². The van der Waals surface area contributed by atoms with Gasteiger partial charge in [-0.1, -0.05) is 71.6 Å². The molecule has 1 unspecified atom stereocenters. The molecule has 7 heteroatoms. The van der Waals surface area contributed by atoms with Crippen LogP contribution in [0.5, 0.6) is 11.5 Å². The van der Waals surface area contributed by atoms with Gasteiger partial charge in [0.1, 0.15) is 5.75 Å². The van der Waals surface area contributed by atoms with E-state index in [1.54, 1.807) is 0 Å². The highest BCUT2D eigenvalue weighted by molar-refractivity contribution is 5.92. The molecule has 0 spiro atoms. The van der Waals surface area contributed by atoms with Crippen LogP contribution in [0, 0.1) is 5.82 Å². The van der Waals surface area contributed by atoms with Gasteiger partial charge in [0.2, 0.25) is 0 Å². The molecule has 0 heterocycles. The first-order chi connectivity index (χ1) is 18.8. The maximum absolute atomic E-state index is 14.5. The van der Waals surface area contributed by atoms with Crippen molar-refractivity contribution in [2.24, 2.45) is 0 Å². The number of hydrogen-bond acceptors (Lipinski definition) is 6. The predicted molar refractivity (Wildman–Crippen MR) is 150 cm³/mol. The van der Waals surface area contributed by atoms with Gasteiger partial charge in [0.25, 0.3) is 0 Å². The van der Waals surface area contributed by atoms with Crippen LogP contribution in [0.15, 0.2) is 42.5 Å². The lowest BCUT2D eigenvalue weighted by molar-refractivity contribution is -0.134. The molecule has 0 aliphatic rings. The van der Waals surface area contributed by atoms with E-state index in [0.29, 0.717) is 12.0 Å².